The monoisotopic (exact) mass is 1180 g/mol. The highest BCUT2D eigenvalue weighted by Crippen LogP contribution is 2.23. The molecule has 2 aromatic carbocycles. The summed E-state index contributed by atoms with van der Waals surface area (Å²) < 4.78 is 0. The molecule has 0 spiro atoms. The summed E-state index contributed by atoms with van der Waals surface area (Å²) in [5.41, 5.74) is 0.115. The lowest BCUT2D eigenvalue weighted by molar-refractivity contribution is -0.142. The van der Waals surface area contributed by atoms with Crippen LogP contribution in [0.5, 0.6) is 5.75 Å². The van der Waals surface area contributed by atoms with Gasteiger partial charge in [-0.3, -0.25) is 52.7 Å². The number of rotatable bonds is 35. The van der Waals surface area contributed by atoms with Gasteiger partial charge in [0.25, 0.3) is 0 Å². The number of phenolic OH excluding ortho intramolecular Hbond substituents is 1. The zero-order valence-corrected chi connectivity index (χ0v) is 50.2. The fourth-order valence-corrected chi connectivity index (χ4v) is 8.30. The zero-order chi connectivity index (χ0) is 64.3. The van der Waals surface area contributed by atoms with Crippen LogP contribution in [0.3, 0.4) is 0 Å². The fraction of sp³-hybridized carbons (Fsp3) is 0.576. The summed E-state index contributed by atoms with van der Waals surface area (Å²) in [6.45, 7) is 24.0. The lowest BCUT2D eigenvalue weighted by atomic mass is 9.81. The van der Waals surface area contributed by atoms with Crippen molar-refractivity contribution in [2.45, 2.75) is 201 Å². The smallest absolute Gasteiger partial charge is 0.305 e. The van der Waals surface area contributed by atoms with Crippen molar-refractivity contribution < 1.29 is 83.4 Å². The Kier molecular flexibility index (Phi) is 31.9. The van der Waals surface area contributed by atoms with Gasteiger partial charge in [-0.25, -0.2) is 0 Å². The third-order valence-electron chi connectivity index (χ3n) is 12.7. The number of hydrogen-bond donors (Lipinski definition) is 14. The average Bonchev–Trinajstić information content (AvgIpc) is 3.40. The molecule has 468 valence electrons. The minimum absolute atomic E-state index is 0.0156. The first kappa shape index (κ1) is 74.2. The number of amides is 6. The molecule has 14 N–H and O–H groups in total. The molecule has 84 heavy (non-hydrogen) atoms. The highest BCUT2D eigenvalue weighted by molar-refractivity contribution is 5.99. The van der Waals surface area contributed by atoms with Crippen LogP contribution in [0.2, 0.25) is 0 Å². The topological polar surface area (TPSA) is 405 Å². The third kappa shape index (κ3) is 28.5. The van der Waals surface area contributed by atoms with Gasteiger partial charge in [0, 0.05) is 49.6 Å². The number of aliphatic carboxylic acids is 3. The number of benzene rings is 2. The van der Waals surface area contributed by atoms with Gasteiger partial charge in [-0.05, 0) is 48.4 Å². The van der Waals surface area contributed by atoms with E-state index in [0.29, 0.717) is 11.1 Å². The van der Waals surface area contributed by atoms with E-state index in [9.17, 15) is 83.4 Å². The van der Waals surface area contributed by atoms with Crippen molar-refractivity contribution in [1.29, 1.82) is 0 Å². The highest BCUT2D eigenvalue weighted by atomic mass is 16.4. The fourth-order valence-electron chi connectivity index (χ4n) is 8.30. The number of aliphatic hydroxyl groups excluding tert-OH is 2. The molecule has 6 amide bonds. The molecular formula is C59H90N8O17. The zero-order valence-electron chi connectivity index (χ0n) is 50.2. The van der Waals surface area contributed by atoms with Gasteiger partial charge in [-0.15, -0.1) is 0 Å². The van der Waals surface area contributed by atoms with Gasteiger partial charge in [0.2, 0.25) is 35.4 Å². The van der Waals surface area contributed by atoms with E-state index in [1.165, 1.54) is 31.2 Å². The predicted octanol–water partition coefficient (Wildman–Crippen LogP) is 2.35. The van der Waals surface area contributed by atoms with Crippen molar-refractivity contribution in [2.75, 3.05) is 0 Å². The SMILES string of the molecule is C=C(O)CC[C@H](NC(=O)[C@@H](NC(C)C)[C@@H](C)O)C(=O)C(C)C.CC(C)N[C@@H](CCC(=O)O)C(=O)N[C@@H](CC(=O)O)C(=O)N[C@@H](Cc1ccccc1)C(=O)N[C@@H](Cc1ccc(O)cc1)C(=O)N[C@@H](CC(=O)O)C(=O)N[C@H](C(=O)C(C)C)C(C)(C)C. The van der Waals surface area contributed by atoms with Crippen molar-refractivity contribution in [3.8, 4) is 5.75 Å². The van der Waals surface area contributed by atoms with Crippen LogP contribution >= 0.6 is 0 Å². The second kappa shape index (κ2) is 36.1. The van der Waals surface area contributed by atoms with Crippen LogP contribution < -0.4 is 42.5 Å². The molecule has 0 heterocycles. The van der Waals surface area contributed by atoms with Crippen molar-refractivity contribution in [3.63, 3.8) is 0 Å². The predicted molar refractivity (Wildman–Crippen MR) is 311 cm³/mol. The number of hydrogen-bond acceptors (Lipinski definition) is 16. The molecular weight excluding hydrogens is 1090 g/mol. The number of ketones is 2. The number of carboxylic acids is 3. The first-order valence-electron chi connectivity index (χ1n) is 27.9. The molecule has 0 radical (unpaired) electrons. The molecule has 2 rings (SSSR count). The molecule has 2 aromatic rings. The third-order valence-corrected chi connectivity index (χ3v) is 12.7. The normalized spacial score (nSPS) is 14.6. The molecule has 0 bridgehead atoms. The number of Topliss-reactive ketones (excluding diaryl/α,β-unsaturated/α-hetero) is 2. The Hall–Kier alpha value is -7.77. The van der Waals surface area contributed by atoms with Gasteiger partial charge in [-0.2, -0.15) is 0 Å². The number of allylic oxidation sites excluding steroid dienone is 1. The van der Waals surface area contributed by atoms with Crippen LogP contribution in [0.1, 0.15) is 133 Å². The van der Waals surface area contributed by atoms with Crippen molar-refractivity contribution in [3.05, 3.63) is 78.1 Å². The van der Waals surface area contributed by atoms with E-state index in [4.69, 9.17) is 0 Å². The van der Waals surface area contributed by atoms with Crippen LogP contribution in [-0.2, 0) is 65.6 Å². The summed E-state index contributed by atoms with van der Waals surface area (Å²) in [5, 5.41) is 78.3. The largest absolute Gasteiger partial charge is 0.513 e. The summed E-state index contributed by atoms with van der Waals surface area (Å²) in [6, 6.07) is 3.30. The lowest BCUT2D eigenvalue weighted by Gasteiger charge is -2.33. The average molecular weight is 1180 g/mol. The summed E-state index contributed by atoms with van der Waals surface area (Å²) in [7, 11) is 0. The van der Waals surface area contributed by atoms with E-state index < -0.39 is 138 Å². The molecule has 0 saturated heterocycles. The standard InChI is InChI=1S/C43H60N6O13.C16H30N2O4/c1-23(2)36(57)37(43(5,6)7)49-42(62)32(22-35(55)56)48-40(60)30(20-26-13-15-27(50)16-14-26)45-39(59)29(19-25-11-9-8-10-12-25)46-41(61)31(21-34(53)54)47-38(58)28(44-24(3)4)17-18-33(51)52;1-9(2)15(21)13(8-7-11(5)19)18-16(22)14(12(6)20)17-10(3)4/h8-16,23-24,28-32,37,44,50H,17-22H2,1-7H3,(H,45,59)(H,46,61)(H,47,58)(H,48,60)(H,49,62)(H,51,52)(H,53,54)(H,55,56);9-10,12-14,17,19-20H,5,7-8H2,1-4,6H3,(H,18,22)/t28-,29-,30-,31-,32-,37+;12-,13+,14+/m01/s1. The molecule has 0 unspecified atom stereocenters. The lowest BCUT2D eigenvalue weighted by Crippen LogP contribution is -2.61. The van der Waals surface area contributed by atoms with Gasteiger partial charge in [-0.1, -0.05) is 125 Å². The van der Waals surface area contributed by atoms with E-state index in [1.54, 1.807) is 92.6 Å². The number of nitrogens with one attached hydrogen (secondary N) is 8. The van der Waals surface area contributed by atoms with Gasteiger partial charge in [0.05, 0.1) is 42.8 Å². The van der Waals surface area contributed by atoms with E-state index in [0.717, 1.165) is 0 Å². The van der Waals surface area contributed by atoms with Crippen molar-refractivity contribution in [1.82, 2.24) is 42.5 Å². The second-order valence-corrected chi connectivity index (χ2v) is 22.9. The maximum Gasteiger partial charge on any atom is 0.305 e. The number of aromatic hydroxyl groups is 1. The van der Waals surface area contributed by atoms with Gasteiger partial charge in [0.15, 0.2) is 11.6 Å². The van der Waals surface area contributed by atoms with Crippen LogP contribution in [0, 0.1) is 17.3 Å². The highest BCUT2D eigenvalue weighted by Gasteiger charge is 2.38. The van der Waals surface area contributed by atoms with E-state index in [-0.39, 0.29) is 73.2 Å². The van der Waals surface area contributed by atoms with E-state index in [1.807, 2.05) is 13.8 Å². The summed E-state index contributed by atoms with van der Waals surface area (Å²) in [4.78, 5) is 142. The Morgan fingerprint density at radius 3 is 1.25 bits per heavy atom. The molecule has 9 atom stereocenters. The summed E-state index contributed by atoms with van der Waals surface area (Å²) in [6.07, 6.45) is -3.29. The quantitative estimate of drug-likeness (QED) is 0.0440. The maximum absolute atomic E-state index is 14.3. The number of carboxylic acid groups (broad SMARTS) is 3. The molecule has 0 aliphatic heterocycles. The van der Waals surface area contributed by atoms with Crippen molar-refractivity contribution in [2.24, 2.45) is 17.3 Å². The van der Waals surface area contributed by atoms with Crippen molar-refractivity contribution >= 4 is 64.9 Å². The molecule has 0 saturated carbocycles. The van der Waals surface area contributed by atoms with Gasteiger partial charge >= 0.3 is 17.9 Å². The molecule has 0 aromatic heterocycles. The molecule has 25 heteroatoms. The van der Waals surface area contributed by atoms with Crippen LogP contribution in [0.4, 0.5) is 0 Å². The Labute approximate surface area is 491 Å². The minimum Gasteiger partial charge on any atom is -0.513 e. The van der Waals surface area contributed by atoms with Crippen LogP contribution in [-0.4, -0.2) is 162 Å². The first-order chi connectivity index (χ1) is 38.9. The number of phenols is 1. The Balaban J connectivity index is 0.00000134. The number of carbonyl (C=O) groups is 11. The Morgan fingerprint density at radius 1 is 0.464 bits per heavy atom. The maximum atomic E-state index is 14.3. The molecule has 25 nitrogen and oxygen atoms in total. The number of carbonyl (C=O) groups excluding carboxylic acids is 8. The second-order valence-electron chi connectivity index (χ2n) is 22.9. The molecule has 0 aliphatic rings. The Bertz CT molecular complexity index is 2550. The van der Waals surface area contributed by atoms with Crippen LogP contribution in [0.15, 0.2) is 66.9 Å². The first-order valence-corrected chi connectivity index (χ1v) is 27.9. The minimum atomic E-state index is -1.75. The number of aliphatic hydroxyl groups is 2. The molecule has 0 aliphatic carbocycles. The van der Waals surface area contributed by atoms with E-state index in [2.05, 4.69) is 49.1 Å². The Morgan fingerprint density at radius 2 is 0.857 bits per heavy atom. The van der Waals surface area contributed by atoms with Crippen LogP contribution in [0.25, 0.3) is 0 Å². The summed E-state index contributed by atoms with van der Waals surface area (Å²) >= 11 is 0. The van der Waals surface area contributed by atoms with E-state index >= 15 is 0 Å². The summed E-state index contributed by atoms with van der Waals surface area (Å²) in [5.74, 6) is -10.8. The van der Waals surface area contributed by atoms with Gasteiger partial charge in [0.1, 0.15) is 36.0 Å². The van der Waals surface area contributed by atoms with Gasteiger partial charge < -0.3 is 73.2 Å². The molecule has 0 fully saturated rings.